The van der Waals surface area contributed by atoms with Gasteiger partial charge < -0.3 is 25.7 Å². The number of benzene rings is 1. The number of nitrogens with one attached hydrogen (secondary N) is 2. The highest BCUT2D eigenvalue weighted by Gasteiger charge is 2.27. The van der Waals surface area contributed by atoms with Gasteiger partial charge in [-0.15, -0.1) is 0 Å². The van der Waals surface area contributed by atoms with Crippen molar-refractivity contribution >= 4 is 34.8 Å². The second kappa shape index (κ2) is 9.59. The molecule has 0 saturated heterocycles. The molecule has 1 aromatic heterocycles. The summed E-state index contributed by atoms with van der Waals surface area (Å²) in [6, 6.07) is 4.57. The molecule has 2 unspecified atom stereocenters. The third-order valence-corrected chi connectivity index (χ3v) is 4.47. The molecule has 0 aliphatic heterocycles. The Morgan fingerprint density at radius 1 is 1.39 bits per heavy atom. The number of carbonyl (C=O) groups excluding carboxylic acids is 2. The first kappa shape index (κ1) is 21.0. The summed E-state index contributed by atoms with van der Waals surface area (Å²) in [5.74, 6) is -2.39. The monoisotopic (exact) mass is 386 g/mol. The predicted octanol–water partition coefficient (Wildman–Crippen LogP) is 1.25. The molecule has 9 nitrogen and oxygen atoms in total. The first-order valence-corrected chi connectivity index (χ1v) is 8.69. The number of Topliss-reactive ketones (excluding diaryl/α,β-unsaturated/α-hetero) is 1. The molecule has 2 rings (SSSR count). The number of fused-ring (bicyclic) bond motifs is 1. The van der Waals surface area contributed by atoms with Crippen molar-refractivity contribution in [2.45, 2.75) is 38.3 Å². The van der Waals surface area contributed by atoms with Gasteiger partial charge in [-0.25, -0.2) is 4.79 Å². The molecule has 2 aromatic rings. The van der Waals surface area contributed by atoms with E-state index in [1.165, 1.54) is 7.11 Å². The van der Waals surface area contributed by atoms with E-state index in [9.17, 15) is 19.5 Å². The van der Waals surface area contributed by atoms with Gasteiger partial charge in [0.25, 0.3) is 0 Å². The number of hydrogen-bond acceptors (Lipinski definition) is 4. The molecule has 3 N–H and O–H groups in total. The zero-order chi connectivity index (χ0) is 20.7. The lowest BCUT2D eigenvalue weighted by Crippen LogP contribution is -2.46. The summed E-state index contributed by atoms with van der Waals surface area (Å²) in [4.78, 5) is 41.1. The molecule has 2 atom stereocenters. The molecular formula is C19H22N4O5. The van der Waals surface area contributed by atoms with Gasteiger partial charge in [-0.3, -0.25) is 9.59 Å². The van der Waals surface area contributed by atoms with Crippen LogP contribution in [-0.4, -0.2) is 58.0 Å². The van der Waals surface area contributed by atoms with Crippen LogP contribution in [0.4, 0.5) is 0 Å². The fraction of sp³-hybridized carbons (Fsp3) is 0.368. The molecule has 0 fully saturated rings. The van der Waals surface area contributed by atoms with E-state index in [2.05, 4.69) is 15.1 Å². The first-order valence-electron chi connectivity index (χ1n) is 8.69. The molecule has 148 valence electrons. The van der Waals surface area contributed by atoms with Crippen LogP contribution in [0.25, 0.3) is 16.4 Å². The third-order valence-electron chi connectivity index (χ3n) is 4.47. The molecule has 0 saturated carbocycles. The fourth-order valence-electron chi connectivity index (χ4n) is 3.03. The van der Waals surface area contributed by atoms with Crippen LogP contribution < -0.4 is 5.32 Å². The van der Waals surface area contributed by atoms with Crippen molar-refractivity contribution in [1.29, 1.82) is 0 Å². The van der Waals surface area contributed by atoms with Gasteiger partial charge >= 0.3 is 12.2 Å². The van der Waals surface area contributed by atoms with Gasteiger partial charge in [0.1, 0.15) is 12.1 Å². The Morgan fingerprint density at radius 2 is 2.14 bits per heavy atom. The van der Waals surface area contributed by atoms with Crippen LogP contribution >= 0.6 is 0 Å². The van der Waals surface area contributed by atoms with E-state index >= 15 is 0 Å². The number of hydrogen-bond donors (Lipinski definition) is 3. The van der Waals surface area contributed by atoms with Crippen molar-refractivity contribution in [1.82, 2.24) is 10.3 Å². The molecule has 0 bridgehead atoms. The Kier molecular flexibility index (Phi) is 7.20. The Bertz CT molecular complexity index is 930. The van der Waals surface area contributed by atoms with Gasteiger partial charge in [-0.1, -0.05) is 12.1 Å². The molecule has 0 radical (unpaired) electrons. The van der Waals surface area contributed by atoms with E-state index in [1.54, 1.807) is 6.20 Å². The number of nitrogens with zero attached hydrogens (tertiary/aromatic N) is 2. The zero-order valence-corrected chi connectivity index (χ0v) is 15.6. The predicted molar refractivity (Wildman–Crippen MR) is 101 cm³/mol. The van der Waals surface area contributed by atoms with Gasteiger partial charge in [-0.2, -0.15) is 4.79 Å². The van der Waals surface area contributed by atoms with Crippen LogP contribution in [-0.2, 0) is 25.5 Å². The Morgan fingerprint density at radius 3 is 2.79 bits per heavy atom. The Balaban J connectivity index is 2.09. The van der Waals surface area contributed by atoms with Crippen LogP contribution in [0.3, 0.4) is 0 Å². The van der Waals surface area contributed by atoms with Crippen LogP contribution in [0.1, 0.15) is 24.0 Å². The number of carboxylic acids is 1. The Hall–Kier alpha value is -3.29. The minimum absolute atomic E-state index is 0.130. The standard InChI is InChI=1S/C19H22N4O5/c1-11-4-3-5-14-17(11)12(9-21-14)8-16(28-2)18(25)23-15(19(26)27)7-6-13(24)10-22-20/h3-5,9-10,15-16,21H,6-8H2,1-2H3,(H,23,25)(H,26,27). The summed E-state index contributed by atoms with van der Waals surface area (Å²) in [5, 5.41) is 12.7. The maximum atomic E-state index is 12.5. The summed E-state index contributed by atoms with van der Waals surface area (Å²) < 4.78 is 5.28. The number of carbonyl (C=O) groups is 3. The number of carboxylic acid groups (broad SMARTS) is 1. The molecule has 1 aromatic carbocycles. The maximum Gasteiger partial charge on any atom is 0.326 e. The molecule has 0 spiro atoms. The van der Waals surface area contributed by atoms with E-state index < -0.39 is 29.8 Å². The second-order valence-electron chi connectivity index (χ2n) is 6.39. The molecular weight excluding hydrogens is 364 g/mol. The minimum atomic E-state index is -1.26. The number of aryl methyl sites for hydroxylation is 1. The average molecular weight is 386 g/mol. The topological polar surface area (TPSA) is 145 Å². The SMILES string of the molecule is COC(Cc1c[nH]c2cccc(C)c12)C(=O)NC(CCC(=O)C=[N+]=[N-])C(=O)O. The smallest absolute Gasteiger partial charge is 0.326 e. The summed E-state index contributed by atoms with van der Waals surface area (Å²) in [7, 11) is 1.38. The van der Waals surface area contributed by atoms with E-state index in [1.807, 2.05) is 25.1 Å². The number of amides is 1. The molecule has 9 heteroatoms. The van der Waals surface area contributed by atoms with Gasteiger partial charge in [0.2, 0.25) is 11.7 Å². The van der Waals surface area contributed by atoms with Crippen molar-refractivity contribution in [3.05, 3.63) is 41.1 Å². The van der Waals surface area contributed by atoms with Crippen LogP contribution in [0.2, 0.25) is 0 Å². The molecule has 28 heavy (non-hydrogen) atoms. The largest absolute Gasteiger partial charge is 0.480 e. The van der Waals surface area contributed by atoms with Crippen molar-refractivity contribution in [2.24, 2.45) is 0 Å². The fourth-order valence-corrected chi connectivity index (χ4v) is 3.03. The Labute approximate surface area is 161 Å². The second-order valence-corrected chi connectivity index (χ2v) is 6.39. The number of H-pyrrole nitrogens is 1. The molecule has 1 amide bonds. The van der Waals surface area contributed by atoms with Crippen LogP contribution in [0.15, 0.2) is 24.4 Å². The van der Waals surface area contributed by atoms with Gasteiger partial charge in [0, 0.05) is 37.1 Å². The van der Waals surface area contributed by atoms with Crippen molar-refractivity contribution in [3.8, 4) is 0 Å². The highest BCUT2D eigenvalue weighted by Crippen LogP contribution is 2.23. The zero-order valence-electron chi connectivity index (χ0n) is 15.6. The maximum absolute atomic E-state index is 12.5. The molecule has 0 aliphatic rings. The molecule has 0 aliphatic carbocycles. The normalized spacial score (nSPS) is 12.8. The number of ether oxygens (including phenoxy) is 1. The highest BCUT2D eigenvalue weighted by atomic mass is 16.5. The third kappa shape index (κ3) is 5.12. The number of rotatable bonds is 10. The summed E-state index contributed by atoms with van der Waals surface area (Å²) in [6.45, 7) is 1.97. The van der Waals surface area contributed by atoms with Gasteiger partial charge in [0.15, 0.2) is 0 Å². The van der Waals surface area contributed by atoms with Crippen LogP contribution in [0.5, 0.6) is 0 Å². The van der Waals surface area contributed by atoms with Crippen molar-refractivity contribution in [2.75, 3.05) is 7.11 Å². The highest BCUT2D eigenvalue weighted by molar-refractivity contribution is 6.25. The summed E-state index contributed by atoms with van der Waals surface area (Å²) in [5.41, 5.74) is 11.2. The number of aliphatic carboxylic acids is 1. The average Bonchev–Trinajstić information content (AvgIpc) is 3.07. The number of aromatic nitrogens is 1. The van der Waals surface area contributed by atoms with Gasteiger partial charge in [0.05, 0.1) is 0 Å². The molecule has 1 heterocycles. The first-order chi connectivity index (χ1) is 13.4. The number of methoxy groups -OCH3 is 1. The minimum Gasteiger partial charge on any atom is -0.480 e. The number of aromatic amines is 1. The van der Waals surface area contributed by atoms with E-state index in [-0.39, 0.29) is 19.3 Å². The van der Waals surface area contributed by atoms with Crippen molar-refractivity contribution < 1.29 is 29.0 Å². The summed E-state index contributed by atoms with van der Waals surface area (Å²) >= 11 is 0. The lowest BCUT2D eigenvalue weighted by atomic mass is 10.0. The van der Waals surface area contributed by atoms with Crippen molar-refractivity contribution in [3.63, 3.8) is 0 Å². The van der Waals surface area contributed by atoms with E-state index in [4.69, 9.17) is 10.3 Å². The van der Waals surface area contributed by atoms with Crippen LogP contribution in [0, 0.1) is 6.92 Å². The lowest BCUT2D eigenvalue weighted by molar-refractivity contribution is -0.144. The number of ketones is 1. The lowest BCUT2D eigenvalue weighted by Gasteiger charge is -2.19. The van der Waals surface area contributed by atoms with E-state index in [0.29, 0.717) is 6.21 Å². The van der Waals surface area contributed by atoms with E-state index in [0.717, 1.165) is 22.0 Å². The van der Waals surface area contributed by atoms with Gasteiger partial charge in [-0.05, 0) is 30.5 Å². The summed E-state index contributed by atoms with van der Waals surface area (Å²) in [6.07, 6.45) is 1.55. The quantitative estimate of drug-likeness (QED) is 0.320.